The van der Waals surface area contributed by atoms with E-state index in [1.165, 1.54) is 0 Å². The molecule has 3 nitrogen and oxygen atoms in total. The number of sulfone groups is 1. The Bertz CT molecular complexity index is 287. The maximum Gasteiger partial charge on any atom is 0.151 e. The average Bonchev–Trinajstić information content (AvgIpc) is 2.12. The molecular weight excluding hydrogens is 254 g/mol. The molecule has 1 rings (SSSR count). The first-order valence-electron chi connectivity index (χ1n) is 4.26. The highest BCUT2D eigenvalue weighted by Crippen LogP contribution is 2.09. The van der Waals surface area contributed by atoms with Gasteiger partial charge in [-0.05, 0) is 13.0 Å². The summed E-state index contributed by atoms with van der Waals surface area (Å²) in [7, 11) is -2.77. The van der Waals surface area contributed by atoms with Crippen molar-refractivity contribution >= 4 is 25.8 Å². The van der Waals surface area contributed by atoms with E-state index in [0.29, 0.717) is 12.3 Å². The fourth-order valence-electron chi connectivity index (χ4n) is 1.39. The zero-order valence-corrected chi connectivity index (χ0v) is 9.90. The highest BCUT2D eigenvalue weighted by Gasteiger charge is 2.18. The molecule has 1 aliphatic rings. The minimum Gasteiger partial charge on any atom is -0.298 e. The van der Waals surface area contributed by atoms with Crippen molar-refractivity contribution in [2.75, 3.05) is 31.1 Å². The molecule has 5 heteroatoms. The Morgan fingerprint density at radius 3 is 2.69 bits per heavy atom. The molecule has 13 heavy (non-hydrogen) atoms. The minimum absolute atomic E-state index is 0.285. The molecule has 0 aliphatic carbocycles. The smallest absolute Gasteiger partial charge is 0.151 e. The van der Waals surface area contributed by atoms with Crippen LogP contribution in [0.2, 0.25) is 0 Å². The predicted molar refractivity (Wildman–Crippen MR) is 57.8 cm³/mol. The quantitative estimate of drug-likeness (QED) is 0.750. The van der Waals surface area contributed by atoms with Gasteiger partial charge in [-0.2, -0.15) is 0 Å². The summed E-state index contributed by atoms with van der Waals surface area (Å²) in [6, 6.07) is 0. The molecule has 0 saturated carbocycles. The summed E-state index contributed by atoms with van der Waals surface area (Å²) in [6.45, 7) is 5.97. The predicted octanol–water partition coefficient (Wildman–Crippen LogP) is 1.02. The molecule has 1 heterocycles. The second kappa shape index (κ2) is 4.57. The first-order chi connectivity index (χ1) is 5.99. The SMILES string of the molecule is C=C(Br)CN1CCCS(=O)(=O)CC1. The van der Waals surface area contributed by atoms with E-state index in [-0.39, 0.29) is 5.75 Å². The van der Waals surface area contributed by atoms with Crippen LogP contribution in [0.3, 0.4) is 0 Å². The first kappa shape index (κ1) is 11.2. The van der Waals surface area contributed by atoms with Gasteiger partial charge in [0.05, 0.1) is 11.5 Å². The van der Waals surface area contributed by atoms with Crippen molar-refractivity contribution in [3.8, 4) is 0 Å². The van der Waals surface area contributed by atoms with Crippen LogP contribution in [0.15, 0.2) is 11.1 Å². The van der Waals surface area contributed by atoms with Gasteiger partial charge in [0.25, 0.3) is 0 Å². The van der Waals surface area contributed by atoms with E-state index in [2.05, 4.69) is 27.4 Å². The van der Waals surface area contributed by atoms with Gasteiger partial charge < -0.3 is 0 Å². The Kier molecular flexibility index (Phi) is 3.94. The van der Waals surface area contributed by atoms with Crippen LogP contribution < -0.4 is 0 Å². The van der Waals surface area contributed by atoms with Crippen LogP contribution in [0, 0.1) is 0 Å². The third-order valence-corrected chi connectivity index (χ3v) is 4.01. The minimum atomic E-state index is -2.77. The highest BCUT2D eigenvalue weighted by atomic mass is 79.9. The monoisotopic (exact) mass is 267 g/mol. The van der Waals surface area contributed by atoms with Crippen molar-refractivity contribution in [2.24, 2.45) is 0 Å². The van der Waals surface area contributed by atoms with Gasteiger partial charge in [-0.3, -0.25) is 4.90 Å². The van der Waals surface area contributed by atoms with Gasteiger partial charge in [0.1, 0.15) is 0 Å². The third kappa shape index (κ3) is 4.24. The van der Waals surface area contributed by atoms with Crippen molar-refractivity contribution in [3.63, 3.8) is 0 Å². The normalized spacial score (nSPS) is 23.8. The molecule has 0 spiro atoms. The van der Waals surface area contributed by atoms with E-state index in [4.69, 9.17) is 0 Å². The number of nitrogens with zero attached hydrogens (tertiary/aromatic N) is 1. The number of hydrogen-bond acceptors (Lipinski definition) is 3. The van der Waals surface area contributed by atoms with Crippen molar-refractivity contribution < 1.29 is 8.42 Å². The molecule has 0 radical (unpaired) electrons. The van der Waals surface area contributed by atoms with Crippen LogP contribution in [0.4, 0.5) is 0 Å². The number of rotatable bonds is 2. The van der Waals surface area contributed by atoms with Crippen LogP contribution in [0.5, 0.6) is 0 Å². The van der Waals surface area contributed by atoms with Gasteiger partial charge in [-0.1, -0.05) is 22.5 Å². The fraction of sp³-hybridized carbons (Fsp3) is 0.750. The van der Waals surface area contributed by atoms with Crippen LogP contribution in [-0.2, 0) is 9.84 Å². The van der Waals surface area contributed by atoms with Gasteiger partial charge >= 0.3 is 0 Å². The van der Waals surface area contributed by atoms with Crippen molar-refractivity contribution in [2.45, 2.75) is 6.42 Å². The van der Waals surface area contributed by atoms with Gasteiger partial charge in [0.15, 0.2) is 9.84 Å². The van der Waals surface area contributed by atoms with Crippen LogP contribution >= 0.6 is 15.9 Å². The maximum absolute atomic E-state index is 11.2. The topological polar surface area (TPSA) is 37.4 Å². The average molecular weight is 268 g/mol. The Balaban J connectivity index is 2.50. The zero-order valence-electron chi connectivity index (χ0n) is 7.50. The molecule has 0 aromatic rings. The molecule has 0 N–H and O–H groups in total. The summed E-state index contributed by atoms with van der Waals surface area (Å²) < 4.78 is 23.4. The van der Waals surface area contributed by atoms with Gasteiger partial charge in [-0.25, -0.2) is 8.42 Å². The van der Waals surface area contributed by atoms with Gasteiger partial charge in [-0.15, -0.1) is 0 Å². The van der Waals surface area contributed by atoms with E-state index >= 15 is 0 Å². The summed E-state index contributed by atoms with van der Waals surface area (Å²) in [5.74, 6) is 0.617. The molecular formula is C8H14BrNO2S. The van der Waals surface area contributed by atoms with Crippen LogP contribution in [0.1, 0.15) is 6.42 Å². The Morgan fingerprint density at radius 2 is 2.08 bits per heavy atom. The van der Waals surface area contributed by atoms with Crippen molar-refractivity contribution in [1.82, 2.24) is 4.90 Å². The molecule has 1 aliphatic heterocycles. The lowest BCUT2D eigenvalue weighted by atomic mass is 10.4. The second-order valence-electron chi connectivity index (χ2n) is 3.30. The number of hydrogen-bond donors (Lipinski definition) is 0. The molecule has 0 atom stereocenters. The molecule has 1 fully saturated rings. The largest absolute Gasteiger partial charge is 0.298 e. The third-order valence-electron chi connectivity index (χ3n) is 2.04. The van der Waals surface area contributed by atoms with E-state index < -0.39 is 9.84 Å². The molecule has 0 unspecified atom stereocenters. The molecule has 0 aromatic heterocycles. The molecule has 0 aromatic carbocycles. The second-order valence-corrected chi connectivity index (χ2v) is 6.72. The lowest BCUT2D eigenvalue weighted by Gasteiger charge is -2.17. The summed E-state index contributed by atoms with van der Waals surface area (Å²) >= 11 is 3.28. The fourth-order valence-corrected chi connectivity index (χ4v) is 3.05. The van der Waals surface area contributed by atoms with Crippen LogP contribution in [-0.4, -0.2) is 44.5 Å². The molecule has 1 saturated heterocycles. The van der Waals surface area contributed by atoms with E-state index in [0.717, 1.165) is 24.0 Å². The lowest BCUT2D eigenvalue weighted by molar-refractivity contribution is 0.326. The van der Waals surface area contributed by atoms with Crippen molar-refractivity contribution in [3.05, 3.63) is 11.1 Å². The standard InChI is InChI=1S/C8H14BrNO2S/c1-8(9)7-10-3-2-5-13(11,12)6-4-10/h1-7H2. The van der Waals surface area contributed by atoms with E-state index in [1.807, 2.05) is 0 Å². The first-order valence-corrected chi connectivity index (χ1v) is 6.87. The molecule has 0 amide bonds. The van der Waals surface area contributed by atoms with E-state index in [9.17, 15) is 8.42 Å². The number of halogens is 1. The molecule has 0 bridgehead atoms. The summed E-state index contributed by atoms with van der Waals surface area (Å²) in [5.41, 5.74) is 0. The molecule has 76 valence electrons. The Morgan fingerprint density at radius 1 is 1.38 bits per heavy atom. The maximum atomic E-state index is 11.2. The lowest BCUT2D eigenvalue weighted by Crippen LogP contribution is -2.28. The summed E-state index contributed by atoms with van der Waals surface area (Å²) in [6.07, 6.45) is 0.739. The zero-order chi connectivity index (χ0) is 9.90. The van der Waals surface area contributed by atoms with Crippen LogP contribution in [0.25, 0.3) is 0 Å². The van der Waals surface area contributed by atoms with Gasteiger partial charge in [0.2, 0.25) is 0 Å². The summed E-state index contributed by atoms with van der Waals surface area (Å²) in [5, 5.41) is 0. The van der Waals surface area contributed by atoms with Crippen molar-refractivity contribution in [1.29, 1.82) is 0 Å². The highest BCUT2D eigenvalue weighted by molar-refractivity contribution is 9.11. The Hall–Kier alpha value is 0.130. The van der Waals surface area contributed by atoms with E-state index in [1.54, 1.807) is 0 Å². The Labute approximate surface area is 87.9 Å². The van der Waals surface area contributed by atoms with Gasteiger partial charge in [0, 0.05) is 17.6 Å². The summed E-state index contributed by atoms with van der Waals surface area (Å²) in [4.78, 5) is 2.11.